The molecule has 4 nitrogen and oxygen atoms in total. The van der Waals surface area contributed by atoms with E-state index in [-0.39, 0.29) is 22.5 Å². The van der Waals surface area contributed by atoms with Crippen molar-refractivity contribution in [2.45, 2.75) is 31.4 Å². The van der Waals surface area contributed by atoms with E-state index in [1.807, 2.05) is 0 Å². The first-order valence-corrected chi connectivity index (χ1v) is 10.4. The van der Waals surface area contributed by atoms with Gasteiger partial charge < -0.3 is 9.64 Å². The van der Waals surface area contributed by atoms with Crippen molar-refractivity contribution < 1.29 is 18.7 Å². The lowest BCUT2D eigenvalue weighted by Gasteiger charge is -2.29. The SMILES string of the molecule is CC(C)OC(=O)C1CSC(c2ccc(F)cc2)N1C(=O)c1ccc(Cl)cc1Cl. The van der Waals surface area contributed by atoms with Crippen molar-refractivity contribution in [3.8, 4) is 0 Å². The Bertz CT molecular complexity index is 892. The summed E-state index contributed by atoms with van der Waals surface area (Å²) in [6.45, 7) is 3.50. The molecule has 1 fully saturated rings. The molecule has 3 rings (SSSR count). The van der Waals surface area contributed by atoms with Crippen LogP contribution in [-0.2, 0) is 9.53 Å². The van der Waals surface area contributed by atoms with Crippen LogP contribution in [0.5, 0.6) is 0 Å². The second-order valence-corrected chi connectivity index (χ2v) is 8.53. The number of thioether (sulfide) groups is 1. The minimum atomic E-state index is -0.776. The number of esters is 1. The summed E-state index contributed by atoms with van der Waals surface area (Å²) in [5.74, 6) is -0.900. The normalized spacial score (nSPS) is 19.1. The van der Waals surface area contributed by atoms with Crippen LogP contribution in [-0.4, -0.2) is 34.7 Å². The molecule has 0 aromatic heterocycles. The van der Waals surface area contributed by atoms with Crippen molar-refractivity contribution in [3.05, 3.63) is 69.5 Å². The lowest BCUT2D eigenvalue weighted by molar-refractivity contribution is -0.151. The van der Waals surface area contributed by atoms with E-state index in [4.69, 9.17) is 27.9 Å². The zero-order chi connectivity index (χ0) is 20.4. The topological polar surface area (TPSA) is 46.6 Å². The summed E-state index contributed by atoms with van der Waals surface area (Å²) in [7, 11) is 0. The van der Waals surface area contributed by atoms with E-state index in [0.717, 1.165) is 0 Å². The van der Waals surface area contributed by atoms with Crippen molar-refractivity contribution in [2.24, 2.45) is 0 Å². The summed E-state index contributed by atoms with van der Waals surface area (Å²) < 4.78 is 18.7. The van der Waals surface area contributed by atoms with Gasteiger partial charge in [-0.15, -0.1) is 11.8 Å². The molecular weight excluding hydrogens is 424 g/mol. The molecule has 0 N–H and O–H groups in total. The summed E-state index contributed by atoms with van der Waals surface area (Å²) in [6.07, 6.45) is -0.307. The average Bonchev–Trinajstić information content (AvgIpc) is 3.06. The van der Waals surface area contributed by atoms with Crippen LogP contribution >= 0.6 is 35.0 Å². The summed E-state index contributed by atoms with van der Waals surface area (Å²) in [4.78, 5) is 27.4. The third kappa shape index (κ3) is 4.45. The maximum atomic E-state index is 13.3. The van der Waals surface area contributed by atoms with Crippen molar-refractivity contribution in [1.29, 1.82) is 0 Å². The average molecular weight is 442 g/mol. The van der Waals surface area contributed by atoms with Crippen LogP contribution in [0.15, 0.2) is 42.5 Å². The highest BCUT2D eigenvalue weighted by Crippen LogP contribution is 2.43. The molecule has 2 aromatic rings. The molecule has 0 aliphatic carbocycles. The van der Waals surface area contributed by atoms with Crippen molar-refractivity contribution in [3.63, 3.8) is 0 Å². The van der Waals surface area contributed by atoms with E-state index in [1.165, 1.54) is 40.9 Å². The summed E-state index contributed by atoms with van der Waals surface area (Å²) in [6, 6.07) is 9.66. The van der Waals surface area contributed by atoms with E-state index >= 15 is 0 Å². The molecular formula is C20H18Cl2FNO3S. The standard InChI is InChI=1S/C20H18Cl2FNO3S/c1-11(2)27-20(26)17-10-28-19(12-3-6-14(23)7-4-12)24(17)18(25)15-8-5-13(21)9-16(15)22/h3-9,11,17,19H,10H2,1-2H3. The molecule has 0 spiro atoms. The fraction of sp³-hybridized carbons (Fsp3) is 0.300. The van der Waals surface area contributed by atoms with Crippen LogP contribution in [0.3, 0.4) is 0 Å². The molecule has 28 heavy (non-hydrogen) atoms. The molecule has 0 bridgehead atoms. The number of amides is 1. The van der Waals surface area contributed by atoms with Gasteiger partial charge in [0.15, 0.2) is 0 Å². The molecule has 1 aliphatic rings. The highest BCUT2D eigenvalue weighted by atomic mass is 35.5. The molecule has 148 valence electrons. The van der Waals surface area contributed by atoms with Gasteiger partial charge in [-0.2, -0.15) is 0 Å². The monoisotopic (exact) mass is 441 g/mol. The fourth-order valence-electron chi connectivity index (χ4n) is 2.93. The lowest BCUT2D eigenvalue weighted by Crippen LogP contribution is -2.44. The van der Waals surface area contributed by atoms with Gasteiger partial charge in [0.25, 0.3) is 5.91 Å². The van der Waals surface area contributed by atoms with Gasteiger partial charge in [-0.05, 0) is 49.7 Å². The molecule has 1 amide bonds. The Kier molecular flexibility index (Phi) is 6.53. The van der Waals surface area contributed by atoms with Crippen LogP contribution in [0.2, 0.25) is 10.0 Å². The van der Waals surface area contributed by atoms with Gasteiger partial charge in [-0.3, -0.25) is 4.79 Å². The summed E-state index contributed by atoms with van der Waals surface area (Å²) in [5.41, 5.74) is 0.952. The van der Waals surface area contributed by atoms with Gasteiger partial charge in [0.05, 0.1) is 16.7 Å². The van der Waals surface area contributed by atoms with Gasteiger partial charge in [-0.25, -0.2) is 9.18 Å². The van der Waals surface area contributed by atoms with Crippen LogP contribution in [0.4, 0.5) is 4.39 Å². The maximum Gasteiger partial charge on any atom is 0.330 e. The van der Waals surface area contributed by atoms with Crippen LogP contribution in [0.1, 0.15) is 35.1 Å². The number of nitrogens with zero attached hydrogens (tertiary/aromatic N) is 1. The third-order valence-electron chi connectivity index (χ3n) is 4.18. The number of halogens is 3. The van der Waals surface area contributed by atoms with Crippen LogP contribution in [0.25, 0.3) is 0 Å². The first-order chi connectivity index (χ1) is 13.3. The Morgan fingerprint density at radius 2 is 1.86 bits per heavy atom. The number of benzene rings is 2. The van der Waals surface area contributed by atoms with Crippen LogP contribution in [0, 0.1) is 5.82 Å². The van der Waals surface area contributed by atoms with E-state index < -0.39 is 23.3 Å². The second-order valence-electron chi connectivity index (χ2n) is 6.58. The molecule has 2 aromatic carbocycles. The van der Waals surface area contributed by atoms with E-state index in [2.05, 4.69) is 0 Å². The smallest absolute Gasteiger partial charge is 0.330 e. The highest BCUT2D eigenvalue weighted by molar-refractivity contribution is 7.99. The first-order valence-electron chi connectivity index (χ1n) is 8.63. The van der Waals surface area contributed by atoms with Crippen LogP contribution < -0.4 is 0 Å². The largest absolute Gasteiger partial charge is 0.461 e. The van der Waals surface area contributed by atoms with Gasteiger partial charge in [-0.1, -0.05) is 35.3 Å². The summed E-state index contributed by atoms with van der Waals surface area (Å²) in [5, 5.41) is 0.135. The molecule has 2 unspecified atom stereocenters. The van der Waals surface area contributed by atoms with E-state index in [9.17, 15) is 14.0 Å². The van der Waals surface area contributed by atoms with E-state index in [0.29, 0.717) is 16.3 Å². The number of hydrogen-bond donors (Lipinski definition) is 0. The molecule has 1 saturated heterocycles. The second kappa shape index (κ2) is 8.72. The van der Waals surface area contributed by atoms with Gasteiger partial charge in [0.1, 0.15) is 17.2 Å². The number of ether oxygens (including phenoxy) is 1. The third-order valence-corrected chi connectivity index (χ3v) is 6.05. The highest BCUT2D eigenvalue weighted by Gasteiger charge is 2.44. The predicted octanol–water partition coefficient (Wildman–Crippen LogP) is 5.34. The minimum Gasteiger partial charge on any atom is -0.461 e. The first kappa shape index (κ1) is 21.0. The molecule has 8 heteroatoms. The van der Waals surface area contributed by atoms with Gasteiger partial charge in [0.2, 0.25) is 0 Å². The molecule has 1 heterocycles. The fourth-order valence-corrected chi connectivity index (χ4v) is 4.84. The molecule has 1 aliphatic heterocycles. The predicted molar refractivity (Wildman–Crippen MR) is 109 cm³/mol. The number of carbonyl (C=O) groups excluding carboxylic acids is 2. The Labute approximate surface area is 176 Å². The Hall–Kier alpha value is -1.76. The molecule has 0 radical (unpaired) electrons. The van der Waals surface area contributed by atoms with Crippen molar-refractivity contribution >= 4 is 46.8 Å². The molecule has 2 atom stereocenters. The zero-order valence-corrected chi connectivity index (χ0v) is 17.5. The maximum absolute atomic E-state index is 13.3. The number of hydrogen-bond acceptors (Lipinski definition) is 4. The molecule has 0 saturated carbocycles. The summed E-state index contributed by atoms with van der Waals surface area (Å²) >= 11 is 13.6. The number of rotatable bonds is 4. The van der Waals surface area contributed by atoms with E-state index in [1.54, 1.807) is 32.0 Å². The van der Waals surface area contributed by atoms with Gasteiger partial charge in [0, 0.05) is 10.8 Å². The lowest BCUT2D eigenvalue weighted by atomic mass is 10.1. The Balaban J connectivity index is 2.00. The Morgan fingerprint density at radius 1 is 1.18 bits per heavy atom. The Morgan fingerprint density at radius 3 is 2.46 bits per heavy atom. The zero-order valence-electron chi connectivity index (χ0n) is 15.2. The minimum absolute atomic E-state index is 0.197. The quantitative estimate of drug-likeness (QED) is 0.600. The number of carbonyl (C=O) groups is 2. The van der Waals surface area contributed by atoms with Crippen molar-refractivity contribution in [1.82, 2.24) is 4.90 Å². The van der Waals surface area contributed by atoms with Crippen molar-refractivity contribution in [2.75, 3.05) is 5.75 Å². The van der Waals surface area contributed by atoms with Gasteiger partial charge >= 0.3 is 5.97 Å².